The van der Waals surface area contributed by atoms with Crippen molar-refractivity contribution in [1.29, 1.82) is 0 Å². The van der Waals surface area contributed by atoms with Crippen molar-refractivity contribution in [2.24, 2.45) is 0 Å². The predicted molar refractivity (Wildman–Crippen MR) is 75.1 cm³/mol. The summed E-state index contributed by atoms with van der Waals surface area (Å²) in [6.45, 7) is 0.402. The molecule has 0 aromatic carbocycles. The van der Waals surface area contributed by atoms with Crippen LogP contribution in [0.4, 0.5) is 4.79 Å². The summed E-state index contributed by atoms with van der Waals surface area (Å²) in [5, 5.41) is 23.8. The molecule has 8 heteroatoms. The Hall–Kier alpha value is -2.09. The third kappa shape index (κ3) is 4.45. The third-order valence-corrected chi connectivity index (χ3v) is 3.89. The molecule has 1 unspecified atom stereocenters. The van der Waals surface area contributed by atoms with Gasteiger partial charge in [0.05, 0.1) is 6.42 Å². The van der Waals surface area contributed by atoms with Crippen LogP contribution in [-0.2, 0) is 16.1 Å². The molecule has 1 saturated carbocycles. The Morgan fingerprint density at radius 2 is 2.10 bits per heavy atom. The Morgan fingerprint density at radius 1 is 1.38 bits per heavy atom. The van der Waals surface area contributed by atoms with Crippen molar-refractivity contribution < 1.29 is 24.6 Å². The number of carbonyl (C=O) groups is 3. The molecule has 0 radical (unpaired) electrons. The quantitative estimate of drug-likeness (QED) is 0.704. The lowest BCUT2D eigenvalue weighted by Gasteiger charge is -2.24. The van der Waals surface area contributed by atoms with Gasteiger partial charge in [-0.2, -0.15) is 11.3 Å². The maximum atomic E-state index is 12.2. The van der Waals surface area contributed by atoms with E-state index in [0.717, 1.165) is 18.4 Å². The normalized spacial score (nSPS) is 15.2. The van der Waals surface area contributed by atoms with Crippen molar-refractivity contribution in [3.63, 3.8) is 0 Å². The van der Waals surface area contributed by atoms with Gasteiger partial charge in [0.25, 0.3) is 0 Å². The second kappa shape index (κ2) is 6.57. The fourth-order valence-electron chi connectivity index (χ4n) is 1.94. The summed E-state index contributed by atoms with van der Waals surface area (Å²) in [5.74, 6) is -2.62. The Bertz CT molecular complexity index is 527. The smallest absolute Gasteiger partial charge is 0.326 e. The standard InChI is InChI=1S/C13H16N2O5S/c16-11(17)5-10(12(18)19)14-13(20)15(9-1-2-9)6-8-3-4-21-7-8/h3-4,7,9-10H,1-2,5-6H2,(H,14,20)(H,16,17)(H,18,19). The summed E-state index contributed by atoms with van der Waals surface area (Å²) >= 11 is 1.52. The van der Waals surface area contributed by atoms with E-state index >= 15 is 0 Å². The summed E-state index contributed by atoms with van der Waals surface area (Å²) in [7, 11) is 0. The number of carboxylic acids is 2. The molecule has 0 aliphatic heterocycles. The van der Waals surface area contributed by atoms with E-state index in [1.54, 1.807) is 4.90 Å². The second-order valence-corrected chi connectivity index (χ2v) is 5.71. The number of amides is 2. The SMILES string of the molecule is O=C(O)CC(NC(=O)N(Cc1ccsc1)C1CC1)C(=O)O. The number of aliphatic carboxylic acids is 2. The average molecular weight is 312 g/mol. The highest BCUT2D eigenvalue weighted by Gasteiger charge is 2.34. The number of hydrogen-bond acceptors (Lipinski definition) is 4. The molecule has 1 aliphatic rings. The molecule has 7 nitrogen and oxygen atoms in total. The van der Waals surface area contributed by atoms with Crippen molar-refractivity contribution in [3.05, 3.63) is 22.4 Å². The van der Waals surface area contributed by atoms with E-state index in [0.29, 0.717) is 6.54 Å². The van der Waals surface area contributed by atoms with Crippen LogP contribution in [0.25, 0.3) is 0 Å². The number of hydrogen-bond donors (Lipinski definition) is 3. The van der Waals surface area contributed by atoms with Gasteiger partial charge in [0.15, 0.2) is 0 Å². The van der Waals surface area contributed by atoms with Gasteiger partial charge in [-0.15, -0.1) is 0 Å². The number of carbonyl (C=O) groups excluding carboxylic acids is 1. The van der Waals surface area contributed by atoms with E-state index < -0.39 is 30.4 Å². The van der Waals surface area contributed by atoms with Crippen LogP contribution in [0.15, 0.2) is 16.8 Å². The van der Waals surface area contributed by atoms with Crippen molar-refractivity contribution >= 4 is 29.3 Å². The molecule has 21 heavy (non-hydrogen) atoms. The summed E-state index contributed by atoms with van der Waals surface area (Å²) < 4.78 is 0. The molecule has 2 amide bonds. The summed E-state index contributed by atoms with van der Waals surface area (Å²) in [5.41, 5.74) is 0.979. The van der Waals surface area contributed by atoms with Gasteiger partial charge >= 0.3 is 18.0 Å². The van der Waals surface area contributed by atoms with Gasteiger partial charge in [-0.1, -0.05) is 0 Å². The van der Waals surface area contributed by atoms with Crippen LogP contribution in [0.2, 0.25) is 0 Å². The van der Waals surface area contributed by atoms with Crippen LogP contribution in [-0.4, -0.2) is 45.2 Å². The number of rotatable bonds is 7. The van der Waals surface area contributed by atoms with Crippen LogP contribution in [0.5, 0.6) is 0 Å². The highest BCUT2D eigenvalue weighted by molar-refractivity contribution is 7.07. The van der Waals surface area contributed by atoms with Crippen LogP contribution < -0.4 is 5.32 Å². The fraction of sp³-hybridized carbons (Fsp3) is 0.462. The first-order chi connectivity index (χ1) is 9.97. The van der Waals surface area contributed by atoms with Crippen molar-refractivity contribution in [2.45, 2.75) is 37.9 Å². The Kier molecular flexibility index (Phi) is 4.79. The number of nitrogens with one attached hydrogen (secondary N) is 1. The summed E-state index contributed by atoms with van der Waals surface area (Å²) in [4.78, 5) is 35.4. The first-order valence-corrected chi connectivity index (χ1v) is 7.44. The maximum absolute atomic E-state index is 12.2. The predicted octanol–water partition coefficient (Wildman–Crippen LogP) is 1.35. The highest BCUT2D eigenvalue weighted by atomic mass is 32.1. The highest BCUT2D eigenvalue weighted by Crippen LogP contribution is 2.28. The molecule has 1 aromatic rings. The molecule has 1 fully saturated rings. The molecule has 1 aromatic heterocycles. The van der Waals surface area contributed by atoms with Gasteiger partial charge in [-0.3, -0.25) is 4.79 Å². The Balaban J connectivity index is 2.00. The number of carboxylic acid groups (broad SMARTS) is 2. The van der Waals surface area contributed by atoms with Crippen LogP contribution in [0, 0.1) is 0 Å². The van der Waals surface area contributed by atoms with E-state index in [-0.39, 0.29) is 6.04 Å². The fourth-order valence-corrected chi connectivity index (χ4v) is 2.60. The van der Waals surface area contributed by atoms with E-state index in [1.807, 2.05) is 16.8 Å². The number of nitrogens with zero attached hydrogens (tertiary/aromatic N) is 1. The first kappa shape index (κ1) is 15.3. The molecule has 114 valence electrons. The number of thiophene rings is 1. The molecule has 1 atom stereocenters. The zero-order valence-electron chi connectivity index (χ0n) is 11.2. The largest absolute Gasteiger partial charge is 0.481 e. The minimum Gasteiger partial charge on any atom is -0.481 e. The van der Waals surface area contributed by atoms with E-state index in [4.69, 9.17) is 10.2 Å². The molecular formula is C13H16N2O5S. The van der Waals surface area contributed by atoms with E-state index in [1.165, 1.54) is 11.3 Å². The molecule has 0 spiro atoms. The van der Waals surface area contributed by atoms with Gasteiger partial charge in [0.1, 0.15) is 6.04 Å². The minimum atomic E-state index is -1.42. The zero-order chi connectivity index (χ0) is 15.4. The Labute approximate surface area is 125 Å². The minimum absolute atomic E-state index is 0.101. The second-order valence-electron chi connectivity index (χ2n) is 4.93. The topological polar surface area (TPSA) is 107 Å². The molecular weight excluding hydrogens is 296 g/mol. The van der Waals surface area contributed by atoms with E-state index in [2.05, 4.69) is 5.32 Å². The Morgan fingerprint density at radius 3 is 2.57 bits per heavy atom. The third-order valence-electron chi connectivity index (χ3n) is 3.16. The summed E-state index contributed by atoms with van der Waals surface area (Å²) in [6.07, 6.45) is 1.13. The van der Waals surface area contributed by atoms with Gasteiger partial charge < -0.3 is 20.4 Å². The lowest BCUT2D eigenvalue weighted by atomic mass is 10.2. The zero-order valence-corrected chi connectivity index (χ0v) is 12.0. The van der Waals surface area contributed by atoms with Crippen molar-refractivity contribution in [1.82, 2.24) is 10.2 Å². The summed E-state index contributed by atoms with van der Waals surface area (Å²) in [6, 6.07) is 0.0550. The van der Waals surface area contributed by atoms with Crippen molar-refractivity contribution in [3.8, 4) is 0 Å². The van der Waals surface area contributed by atoms with Crippen molar-refractivity contribution in [2.75, 3.05) is 0 Å². The van der Waals surface area contributed by atoms with Crippen LogP contribution >= 0.6 is 11.3 Å². The molecule has 1 heterocycles. The van der Waals surface area contributed by atoms with Crippen LogP contribution in [0.3, 0.4) is 0 Å². The first-order valence-electron chi connectivity index (χ1n) is 6.50. The van der Waals surface area contributed by atoms with Gasteiger partial charge in [-0.25, -0.2) is 9.59 Å². The average Bonchev–Trinajstić information content (AvgIpc) is 3.11. The van der Waals surface area contributed by atoms with Gasteiger partial charge in [0, 0.05) is 12.6 Å². The molecule has 3 N–H and O–H groups in total. The van der Waals surface area contributed by atoms with E-state index in [9.17, 15) is 14.4 Å². The monoisotopic (exact) mass is 312 g/mol. The van der Waals surface area contributed by atoms with Gasteiger partial charge in [-0.05, 0) is 35.2 Å². The van der Waals surface area contributed by atoms with Crippen LogP contribution in [0.1, 0.15) is 24.8 Å². The molecule has 1 aliphatic carbocycles. The molecule has 2 rings (SSSR count). The lowest BCUT2D eigenvalue weighted by molar-refractivity contribution is -0.145. The maximum Gasteiger partial charge on any atom is 0.326 e. The molecule has 0 saturated heterocycles. The number of urea groups is 1. The lowest BCUT2D eigenvalue weighted by Crippen LogP contribution is -2.49. The van der Waals surface area contributed by atoms with Gasteiger partial charge in [0.2, 0.25) is 0 Å². The molecule has 0 bridgehead atoms.